The molecule has 0 saturated carbocycles. The van der Waals surface area contributed by atoms with Gasteiger partial charge in [-0.1, -0.05) is 23.1 Å². The van der Waals surface area contributed by atoms with Gasteiger partial charge in [-0.15, -0.1) is 5.10 Å². The maximum atomic E-state index is 13.0. The number of benzene rings is 1. The smallest absolute Gasteiger partial charge is 0.184 e. The normalized spacial score (nSPS) is 18.8. The highest BCUT2D eigenvalue weighted by Crippen LogP contribution is 2.26. The minimum Gasteiger partial charge on any atom is -0.355 e. The zero-order chi connectivity index (χ0) is 14.7. The summed E-state index contributed by atoms with van der Waals surface area (Å²) in [5, 5.41) is 4.48. The second kappa shape index (κ2) is 6.97. The predicted octanol–water partition coefficient (Wildman–Crippen LogP) is 3.66. The van der Waals surface area contributed by atoms with Crippen molar-refractivity contribution in [3.8, 4) is 5.69 Å². The summed E-state index contributed by atoms with van der Waals surface area (Å²) < 4.78 is 26.8. The summed E-state index contributed by atoms with van der Waals surface area (Å²) in [5.74, 6) is 0.557. The third-order valence-corrected chi connectivity index (χ3v) is 5.46. The van der Waals surface area contributed by atoms with Crippen LogP contribution in [-0.2, 0) is 9.47 Å². The van der Waals surface area contributed by atoms with Gasteiger partial charge in [-0.05, 0) is 42.9 Å². The Bertz CT molecular complexity index is 650. The van der Waals surface area contributed by atoms with E-state index in [9.17, 15) is 4.39 Å². The van der Waals surface area contributed by atoms with E-state index in [0.29, 0.717) is 10.7 Å². The fraction of sp³-hybridized carbons (Fsp3) is 0.385. The summed E-state index contributed by atoms with van der Waals surface area (Å²) in [7, 11) is 0. The van der Waals surface area contributed by atoms with Crippen LogP contribution in [0.15, 0.2) is 28.6 Å². The Morgan fingerprint density at radius 2 is 2.24 bits per heavy atom. The molecule has 21 heavy (non-hydrogen) atoms. The van der Waals surface area contributed by atoms with E-state index in [4.69, 9.17) is 21.7 Å². The standard InChI is InChI=1S/C13H13FN2O2S3/c14-9-1-3-10(4-2-9)16-13(19)21-12(15-16)20-7-11-5-6-17-8-18-11/h1-4,11H,5-8H2/t11-/m0/s1. The molecule has 1 aromatic heterocycles. The van der Waals surface area contributed by atoms with E-state index >= 15 is 0 Å². The first-order chi connectivity index (χ1) is 10.2. The number of nitrogens with zero attached hydrogens (tertiary/aromatic N) is 2. The molecule has 1 atom stereocenters. The maximum Gasteiger partial charge on any atom is 0.184 e. The van der Waals surface area contributed by atoms with Crippen molar-refractivity contribution in [1.29, 1.82) is 0 Å². The van der Waals surface area contributed by atoms with E-state index in [0.717, 1.165) is 28.8 Å². The molecule has 0 aliphatic carbocycles. The van der Waals surface area contributed by atoms with Gasteiger partial charge < -0.3 is 9.47 Å². The minimum atomic E-state index is -0.272. The van der Waals surface area contributed by atoms with Crippen LogP contribution in [0.3, 0.4) is 0 Å². The first-order valence-corrected chi connectivity index (χ1v) is 8.61. The van der Waals surface area contributed by atoms with Gasteiger partial charge in [0.15, 0.2) is 8.29 Å². The van der Waals surface area contributed by atoms with Gasteiger partial charge in [0.05, 0.1) is 18.4 Å². The Balaban J connectivity index is 1.69. The highest BCUT2D eigenvalue weighted by atomic mass is 32.2. The van der Waals surface area contributed by atoms with E-state index in [1.807, 2.05) is 0 Å². The van der Waals surface area contributed by atoms with Crippen LogP contribution >= 0.6 is 35.3 Å². The molecule has 0 unspecified atom stereocenters. The SMILES string of the molecule is Fc1ccc(-n2nc(SC[C@@H]3CCOCO3)sc2=S)cc1. The van der Waals surface area contributed by atoms with Crippen molar-refractivity contribution in [1.82, 2.24) is 9.78 Å². The molecule has 1 saturated heterocycles. The van der Waals surface area contributed by atoms with Crippen molar-refractivity contribution in [2.45, 2.75) is 16.9 Å². The first-order valence-electron chi connectivity index (χ1n) is 6.40. The predicted molar refractivity (Wildman–Crippen MR) is 83.3 cm³/mol. The Morgan fingerprint density at radius 3 is 2.95 bits per heavy atom. The lowest BCUT2D eigenvalue weighted by atomic mass is 10.3. The van der Waals surface area contributed by atoms with E-state index in [1.165, 1.54) is 23.5 Å². The monoisotopic (exact) mass is 344 g/mol. The average Bonchev–Trinajstić information content (AvgIpc) is 2.88. The van der Waals surface area contributed by atoms with Crippen molar-refractivity contribution < 1.29 is 13.9 Å². The number of hydrogen-bond acceptors (Lipinski definition) is 6. The fourth-order valence-corrected chi connectivity index (χ4v) is 4.31. The maximum absolute atomic E-state index is 13.0. The molecule has 2 aromatic rings. The van der Waals surface area contributed by atoms with Crippen LogP contribution in [-0.4, -0.2) is 35.0 Å². The number of thioether (sulfide) groups is 1. The van der Waals surface area contributed by atoms with Gasteiger partial charge in [0, 0.05) is 5.75 Å². The summed E-state index contributed by atoms with van der Waals surface area (Å²) in [6.45, 7) is 1.11. The highest BCUT2D eigenvalue weighted by molar-refractivity contribution is 8.01. The molecule has 1 fully saturated rings. The number of hydrogen-bond donors (Lipinski definition) is 0. The molecule has 0 amide bonds. The molecule has 4 nitrogen and oxygen atoms in total. The van der Waals surface area contributed by atoms with Crippen LogP contribution in [0, 0.1) is 9.77 Å². The van der Waals surface area contributed by atoms with E-state index in [2.05, 4.69) is 5.10 Å². The van der Waals surface area contributed by atoms with Crippen molar-refractivity contribution >= 4 is 35.3 Å². The van der Waals surface area contributed by atoms with E-state index in [1.54, 1.807) is 28.6 Å². The van der Waals surface area contributed by atoms with Gasteiger partial charge in [0.25, 0.3) is 0 Å². The highest BCUT2D eigenvalue weighted by Gasteiger charge is 2.16. The van der Waals surface area contributed by atoms with Crippen molar-refractivity contribution in [3.05, 3.63) is 34.0 Å². The zero-order valence-electron chi connectivity index (χ0n) is 11.0. The van der Waals surface area contributed by atoms with Gasteiger partial charge in [-0.2, -0.15) is 0 Å². The van der Waals surface area contributed by atoms with Gasteiger partial charge in [-0.3, -0.25) is 0 Å². The van der Waals surface area contributed by atoms with Crippen molar-refractivity contribution in [3.63, 3.8) is 0 Å². The van der Waals surface area contributed by atoms with Crippen LogP contribution < -0.4 is 0 Å². The Labute approximate surface area is 134 Å². The van der Waals surface area contributed by atoms with Gasteiger partial charge >= 0.3 is 0 Å². The van der Waals surface area contributed by atoms with Gasteiger partial charge in [0.1, 0.15) is 12.6 Å². The van der Waals surface area contributed by atoms with Gasteiger partial charge in [-0.25, -0.2) is 9.07 Å². The molecule has 2 heterocycles. The zero-order valence-corrected chi connectivity index (χ0v) is 13.5. The second-order valence-corrected chi connectivity index (χ2v) is 7.33. The topological polar surface area (TPSA) is 36.3 Å². The van der Waals surface area contributed by atoms with Crippen LogP contribution in [0.4, 0.5) is 4.39 Å². The molecule has 1 aliphatic rings. The van der Waals surface area contributed by atoms with Crippen LogP contribution in [0.25, 0.3) is 5.69 Å². The molecule has 0 N–H and O–H groups in total. The lowest BCUT2D eigenvalue weighted by Gasteiger charge is -2.21. The lowest BCUT2D eigenvalue weighted by Crippen LogP contribution is -2.25. The fourth-order valence-electron chi connectivity index (χ4n) is 1.86. The lowest BCUT2D eigenvalue weighted by molar-refractivity contribution is -0.130. The summed E-state index contributed by atoms with van der Waals surface area (Å²) in [4.78, 5) is 0. The third kappa shape index (κ3) is 3.89. The Hall–Kier alpha value is -0.800. The molecular weight excluding hydrogens is 331 g/mol. The molecule has 0 bridgehead atoms. The Morgan fingerprint density at radius 1 is 1.43 bits per heavy atom. The van der Waals surface area contributed by atoms with Crippen molar-refractivity contribution in [2.75, 3.05) is 19.2 Å². The summed E-state index contributed by atoms with van der Waals surface area (Å²) >= 11 is 8.40. The Kier molecular flexibility index (Phi) is 5.02. The third-order valence-electron chi connectivity index (χ3n) is 2.96. The molecule has 8 heteroatoms. The second-order valence-electron chi connectivity index (χ2n) is 4.44. The molecule has 3 rings (SSSR count). The first kappa shape index (κ1) is 15.1. The molecular formula is C13H13FN2O2S3. The van der Waals surface area contributed by atoms with Crippen molar-refractivity contribution in [2.24, 2.45) is 0 Å². The number of halogens is 1. The number of rotatable bonds is 4. The van der Waals surface area contributed by atoms with E-state index < -0.39 is 0 Å². The molecule has 1 aliphatic heterocycles. The number of aromatic nitrogens is 2. The molecule has 0 radical (unpaired) electrons. The number of ether oxygens (including phenoxy) is 2. The quantitative estimate of drug-likeness (QED) is 0.625. The van der Waals surface area contributed by atoms with Crippen LogP contribution in [0.5, 0.6) is 0 Å². The van der Waals surface area contributed by atoms with Gasteiger partial charge in [0.2, 0.25) is 0 Å². The molecule has 0 spiro atoms. The average molecular weight is 344 g/mol. The molecule has 112 valence electrons. The summed E-state index contributed by atoms with van der Waals surface area (Å²) in [5.41, 5.74) is 0.770. The van der Waals surface area contributed by atoms with Crippen LogP contribution in [0.1, 0.15) is 6.42 Å². The van der Waals surface area contributed by atoms with E-state index in [-0.39, 0.29) is 11.9 Å². The summed E-state index contributed by atoms with van der Waals surface area (Å²) in [6, 6.07) is 6.14. The minimum absolute atomic E-state index is 0.195. The van der Waals surface area contributed by atoms with Crippen LogP contribution in [0.2, 0.25) is 0 Å². The summed E-state index contributed by atoms with van der Waals surface area (Å²) in [6.07, 6.45) is 1.09. The molecule has 1 aromatic carbocycles. The largest absolute Gasteiger partial charge is 0.355 e.